The van der Waals surface area contributed by atoms with E-state index in [2.05, 4.69) is 4.74 Å². The van der Waals surface area contributed by atoms with Gasteiger partial charge in [-0.2, -0.15) is 0 Å². The molecule has 0 spiro atoms. The number of aryl methyl sites for hydroxylation is 1. The van der Waals surface area contributed by atoms with E-state index in [-0.39, 0.29) is 16.9 Å². The van der Waals surface area contributed by atoms with E-state index in [4.69, 9.17) is 5.73 Å². The Balaban J connectivity index is 3.07. The predicted octanol–water partition coefficient (Wildman–Crippen LogP) is 2.25. The van der Waals surface area contributed by atoms with Gasteiger partial charge in [-0.15, -0.1) is 13.2 Å². The summed E-state index contributed by atoms with van der Waals surface area (Å²) in [5, 5.41) is 0. The first kappa shape index (κ1) is 12.4. The Labute approximate surface area is 90.0 Å². The van der Waals surface area contributed by atoms with E-state index >= 15 is 0 Å². The number of halogens is 3. The molecule has 3 nitrogen and oxygen atoms in total. The second-order valence-corrected chi connectivity index (χ2v) is 3.09. The van der Waals surface area contributed by atoms with Gasteiger partial charge in [-0.05, 0) is 30.2 Å². The molecule has 0 atom stereocenters. The molecule has 0 aromatic heterocycles. The predicted molar refractivity (Wildman–Crippen MR) is 51.0 cm³/mol. The van der Waals surface area contributed by atoms with Crippen LogP contribution >= 0.6 is 0 Å². The van der Waals surface area contributed by atoms with Crippen LogP contribution in [0, 0.1) is 0 Å². The number of amides is 1. The van der Waals surface area contributed by atoms with Crippen LogP contribution in [0.1, 0.15) is 22.8 Å². The van der Waals surface area contributed by atoms with Crippen molar-refractivity contribution in [3.63, 3.8) is 0 Å². The Morgan fingerprint density at radius 2 is 2.06 bits per heavy atom. The van der Waals surface area contributed by atoms with Gasteiger partial charge in [0.1, 0.15) is 5.75 Å². The second-order valence-electron chi connectivity index (χ2n) is 3.09. The number of rotatable bonds is 3. The van der Waals surface area contributed by atoms with E-state index in [1.54, 1.807) is 6.92 Å². The fourth-order valence-corrected chi connectivity index (χ4v) is 1.23. The summed E-state index contributed by atoms with van der Waals surface area (Å²) in [4.78, 5) is 10.8. The molecule has 1 rings (SSSR count). The lowest BCUT2D eigenvalue weighted by atomic mass is 10.1. The summed E-state index contributed by atoms with van der Waals surface area (Å²) in [7, 11) is 0. The number of carbonyl (C=O) groups excluding carboxylic acids is 1. The smallest absolute Gasteiger partial charge is 0.406 e. The van der Waals surface area contributed by atoms with Gasteiger partial charge in [0.2, 0.25) is 5.91 Å². The molecular weight excluding hydrogens is 223 g/mol. The van der Waals surface area contributed by atoms with Gasteiger partial charge < -0.3 is 10.5 Å². The number of hydrogen-bond donors (Lipinski definition) is 1. The third-order valence-electron chi connectivity index (χ3n) is 1.95. The minimum Gasteiger partial charge on any atom is -0.406 e. The lowest BCUT2D eigenvalue weighted by molar-refractivity contribution is -0.274. The largest absolute Gasteiger partial charge is 0.573 e. The minimum atomic E-state index is -4.74. The minimum absolute atomic E-state index is 0.159. The van der Waals surface area contributed by atoms with Crippen LogP contribution in [0.5, 0.6) is 5.75 Å². The number of primary amides is 1. The van der Waals surface area contributed by atoms with Crippen LogP contribution in [0.2, 0.25) is 0 Å². The number of hydrogen-bond acceptors (Lipinski definition) is 2. The maximum atomic E-state index is 12.0. The zero-order chi connectivity index (χ0) is 12.3. The van der Waals surface area contributed by atoms with Crippen molar-refractivity contribution in [2.75, 3.05) is 0 Å². The van der Waals surface area contributed by atoms with Crippen molar-refractivity contribution >= 4 is 5.91 Å². The third-order valence-corrected chi connectivity index (χ3v) is 1.95. The molecule has 1 aromatic carbocycles. The summed E-state index contributed by atoms with van der Waals surface area (Å²) in [6, 6.07) is 3.58. The Hall–Kier alpha value is -1.72. The molecule has 0 saturated carbocycles. The summed E-state index contributed by atoms with van der Waals surface area (Å²) in [5.41, 5.74) is 5.46. The Bertz CT molecular complexity index is 402. The van der Waals surface area contributed by atoms with Crippen LogP contribution in [0.15, 0.2) is 18.2 Å². The van der Waals surface area contributed by atoms with E-state index in [9.17, 15) is 18.0 Å². The van der Waals surface area contributed by atoms with E-state index in [0.717, 1.165) is 6.07 Å². The molecule has 16 heavy (non-hydrogen) atoms. The third kappa shape index (κ3) is 3.15. The molecule has 0 fully saturated rings. The van der Waals surface area contributed by atoms with Gasteiger partial charge >= 0.3 is 6.36 Å². The summed E-state index contributed by atoms with van der Waals surface area (Å²) >= 11 is 0. The van der Waals surface area contributed by atoms with E-state index < -0.39 is 12.3 Å². The molecule has 88 valence electrons. The average Bonchev–Trinajstić information content (AvgIpc) is 2.15. The van der Waals surface area contributed by atoms with Gasteiger partial charge in [0.15, 0.2) is 0 Å². The fraction of sp³-hybridized carbons (Fsp3) is 0.300. The lowest BCUT2D eigenvalue weighted by Gasteiger charge is -2.12. The number of nitrogens with two attached hydrogens (primary N) is 1. The Morgan fingerprint density at radius 3 is 2.50 bits per heavy atom. The summed E-state index contributed by atoms with van der Waals surface area (Å²) in [6.07, 6.45) is -4.43. The molecule has 0 aliphatic rings. The first-order valence-corrected chi connectivity index (χ1v) is 4.52. The van der Waals surface area contributed by atoms with Crippen LogP contribution in [-0.4, -0.2) is 12.3 Å². The highest BCUT2D eigenvalue weighted by molar-refractivity contribution is 5.93. The molecule has 0 heterocycles. The molecule has 1 aromatic rings. The number of carbonyl (C=O) groups is 1. The molecule has 0 aliphatic carbocycles. The molecule has 1 amide bonds. The first-order chi connectivity index (χ1) is 7.33. The lowest BCUT2D eigenvalue weighted by Crippen LogP contribution is -2.18. The molecule has 0 bridgehead atoms. The van der Waals surface area contributed by atoms with Gasteiger partial charge in [-0.25, -0.2) is 0 Å². The first-order valence-electron chi connectivity index (χ1n) is 4.52. The van der Waals surface area contributed by atoms with E-state index in [1.807, 2.05) is 0 Å². The fourth-order valence-electron chi connectivity index (χ4n) is 1.23. The highest BCUT2D eigenvalue weighted by atomic mass is 19.4. The summed E-state index contributed by atoms with van der Waals surface area (Å²) in [6.45, 7) is 1.66. The maximum Gasteiger partial charge on any atom is 0.573 e. The van der Waals surface area contributed by atoms with E-state index in [0.29, 0.717) is 6.42 Å². The normalized spacial score (nSPS) is 11.2. The summed E-state index contributed by atoms with van der Waals surface area (Å²) < 4.78 is 39.8. The average molecular weight is 233 g/mol. The van der Waals surface area contributed by atoms with E-state index in [1.165, 1.54) is 12.1 Å². The van der Waals surface area contributed by atoms with Crippen molar-refractivity contribution in [2.45, 2.75) is 19.7 Å². The monoisotopic (exact) mass is 233 g/mol. The van der Waals surface area contributed by atoms with Crippen LogP contribution in [0.25, 0.3) is 0 Å². The zero-order valence-electron chi connectivity index (χ0n) is 8.47. The quantitative estimate of drug-likeness (QED) is 0.870. The summed E-state index contributed by atoms with van der Waals surface area (Å²) in [5.74, 6) is -0.992. The zero-order valence-corrected chi connectivity index (χ0v) is 8.47. The van der Waals surface area contributed by atoms with Crippen molar-refractivity contribution in [3.8, 4) is 5.75 Å². The molecule has 0 aliphatic heterocycles. The number of benzene rings is 1. The van der Waals surface area contributed by atoms with Crippen LogP contribution in [0.4, 0.5) is 13.2 Å². The number of alkyl halides is 3. The van der Waals surface area contributed by atoms with Gasteiger partial charge in [0.25, 0.3) is 0 Å². The molecular formula is C10H10F3NO2. The highest BCUT2D eigenvalue weighted by Gasteiger charge is 2.32. The van der Waals surface area contributed by atoms with Crippen molar-refractivity contribution in [1.82, 2.24) is 0 Å². The highest BCUT2D eigenvalue weighted by Crippen LogP contribution is 2.27. The van der Waals surface area contributed by atoms with Crippen molar-refractivity contribution in [2.24, 2.45) is 5.73 Å². The maximum absolute atomic E-state index is 12.0. The Morgan fingerprint density at radius 1 is 1.44 bits per heavy atom. The SMILES string of the molecule is CCc1cc(C(N)=O)ccc1OC(F)(F)F. The van der Waals surface area contributed by atoms with Crippen molar-refractivity contribution in [1.29, 1.82) is 0 Å². The second kappa shape index (κ2) is 4.42. The van der Waals surface area contributed by atoms with Crippen LogP contribution in [-0.2, 0) is 6.42 Å². The Kier molecular flexibility index (Phi) is 3.41. The molecule has 0 radical (unpaired) electrons. The molecule has 0 unspecified atom stereocenters. The van der Waals surface area contributed by atoms with Crippen LogP contribution < -0.4 is 10.5 Å². The molecule has 2 N–H and O–H groups in total. The van der Waals surface area contributed by atoms with Crippen molar-refractivity contribution < 1.29 is 22.7 Å². The topological polar surface area (TPSA) is 52.3 Å². The van der Waals surface area contributed by atoms with Crippen molar-refractivity contribution in [3.05, 3.63) is 29.3 Å². The molecule has 0 saturated heterocycles. The van der Waals surface area contributed by atoms with Gasteiger partial charge in [-0.1, -0.05) is 6.92 Å². The molecule has 6 heteroatoms. The van der Waals surface area contributed by atoms with Gasteiger partial charge in [0.05, 0.1) is 0 Å². The van der Waals surface area contributed by atoms with Crippen LogP contribution in [0.3, 0.4) is 0 Å². The van der Waals surface area contributed by atoms with Gasteiger partial charge in [0, 0.05) is 5.56 Å². The number of ether oxygens (including phenoxy) is 1. The van der Waals surface area contributed by atoms with Gasteiger partial charge in [-0.3, -0.25) is 4.79 Å². The standard InChI is InChI=1S/C10H10F3NO2/c1-2-6-5-7(9(14)15)3-4-8(6)16-10(11,12)13/h3-5H,2H2,1H3,(H2,14,15).